The molecular weight excluding hydrogens is 374 g/mol. The van der Waals surface area contributed by atoms with E-state index in [2.05, 4.69) is 10.1 Å². The van der Waals surface area contributed by atoms with Crippen molar-refractivity contribution in [2.75, 3.05) is 10.6 Å². The van der Waals surface area contributed by atoms with Crippen LogP contribution in [0.15, 0.2) is 45.6 Å². The largest absolute Gasteiger partial charge is 0.384 e. The van der Waals surface area contributed by atoms with Crippen LogP contribution in [0.3, 0.4) is 0 Å². The first-order valence-corrected chi connectivity index (χ1v) is 9.52. The van der Waals surface area contributed by atoms with Crippen LogP contribution in [-0.2, 0) is 4.79 Å². The van der Waals surface area contributed by atoms with E-state index in [0.717, 1.165) is 27.1 Å². The number of hydrogen-bond donors (Lipinski definition) is 1. The minimum absolute atomic E-state index is 0.130. The molecule has 8 heteroatoms. The van der Waals surface area contributed by atoms with E-state index in [-0.39, 0.29) is 17.3 Å². The zero-order chi connectivity index (χ0) is 20.4. The zero-order valence-electron chi connectivity index (χ0n) is 16.1. The minimum atomic E-state index is -0.315. The summed E-state index contributed by atoms with van der Waals surface area (Å²) in [6.45, 7) is 7.22. The number of aryl methyl sites for hydroxylation is 3. The number of nitrogens with two attached hydrogens (primary N) is 1. The molecule has 2 aromatic heterocycles. The number of amides is 1. The van der Waals surface area contributed by atoms with E-state index in [1.165, 1.54) is 30.5 Å². The Kier molecular flexibility index (Phi) is 5.41. The highest BCUT2D eigenvalue weighted by Gasteiger charge is 2.21. The Morgan fingerprint density at radius 1 is 1.25 bits per heavy atom. The first-order chi connectivity index (χ1) is 13.3. The topological polar surface area (TPSA) is 93.6 Å². The summed E-state index contributed by atoms with van der Waals surface area (Å²) in [6.07, 6.45) is 1.45. The molecule has 0 bridgehead atoms. The predicted molar refractivity (Wildman–Crippen MR) is 114 cm³/mol. The maximum absolute atomic E-state index is 12.4. The normalized spacial score (nSPS) is 11.1. The molecular formula is C20H21N5O2S. The van der Waals surface area contributed by atoms with Crippen LogP contribution in [0, 0.1) is 20.8 Å². The molecule has 0 aliphatic heterocycles. The summed E-state index contributed by atoms with van der Waals surface area (Å²) in [5.41, 5.74) is 9.66. The van der Waals surface area contributed by atoms with Crippen LogP contribution in [0.25, 0.3) is 0 Å². The van der Waals surface area contributed by atoms with Crippen molar-refractivity contribution in [3.8, 4) is 0 Å². The van der Waals surface area contributed by atoms with Crippen LogP contribution < -0.4 is 16.2 Å². The highest BCUT2D eigenvalue weighted by atomic mass is 32.1. The number of nitrogen functional groups attached to an aromatic ring is 1. The van der Waals surface area contributed by atoms with Gasteiger partial charge in [-0.1, -0.05) is 18.2 Å². The summed E-state index contributed by atoms with van der Waals surface area (Å²) >= 11 is 1.33. The number of pyridine rings is 1. The van der Waals surface area contributed by atoms with Gasteiger partial charge in [0.1, 0.15) is 5.82 Å². The molecule has 0 atom stereocenters. The second kappa shape index (κ2) is 7.77. The Labute approximate surface area is 166 Å². The Balaban J connectivity index is 1.97. The number of anilines is 3. The summed E-state index contributed by atoms with van der Waals surface area (Å²) in [5.74, 6) is 0.117. The van der Waals surface area contributed by atoms with Crippen LogP contribution >= 0.6 is 11.3 Å². The number of benzene rings is 1. The number of aromatic nitrogens is 2. The molecule has 3 aromatic rings. The van der Waals surface area contributed by atoms with Crippen LogP contribution in [0.4, 0.5) is 16.6 Å². The summed E-state index contributed by atoms with van der Waals surface area (Å²) in [4.78, 5) is 30.5. The molecule has 1 aromatic carbocycles. The van der Waals surface area contributed by atoms with Crippen molar-refractivity contribution in [2.24, 2.45) is 5.10 Å². The van der Waals surface area contributed by atoms with Gasteiger partial charge in [0, 0.05) is 18.4 Å². The number of para-hydroxylation sites is 1. The molecule has 0 aliphatic carbocycles. The molecule has 0 unspecified atom stereocenters. The van der Waals surface area contributed by atoms with Gasteiger partial charge in [0.2, 0.25) is 5.91 Å². The van der Waals surface area contributed by atoms with Crippen LogP contribution in [0.1, 0.15) is 29.3 Å². The third kappa shape index (κ3) is 3.86. The van der Waals surface area contributed by atoms with E-state index in [1.807, 2.05) is 32.0 Å². The van der Waals surface area contributed by atoms with E-state index >= 15 is 0 Å². The molecule has 1 amide bonds. The first kappa shape index (κ1) is 19.5. The molecule has 144 valence electrons. The highest BCUT2D eigenvalue weighted by Crippen LogP contribution is 2.33. The smallest absolute Gasteiger partial charge is 0.273 e. The lowest BCUT2D eigenvalue weighted by molar-refractivity contribution is -0.115. The van der Waals surface area contributed by atoms with Gasteiger partial charge in [0.15, 0.2) is 5.13 Å². The highest BCUT2D eigenvalue weighted by molar-refractivity contribution is 7.14. The van der Waals surface area contributed by atoms with E-state index in [0.29, 0.717) is 10.8 Å². The number of thiazole rings is 1. The van der Waals surface area contributed by atoms with E-state index in [9.17, 15) is 9.59 Å². The Hall–Kier alpha value is -3.26. The van der Waals surface area contributed by atoms with Gasteiger partial charge in [0.25, 0.3) is 5.56 Å². The fourth-order valence-corrected chi connectivity index (χ4v) is 3.77. The fraction of sp³-hybridized carbons (Fsp3) is 0.200. The number of nitrogens with zero attached hydrogens (tertiary/aromatic N) is 4. The summed E-state index contributed by atoms with van der Waals surface area (Å²) in [6, 6.07) is 9.00. The van der Waals surface area contributed by atoms with Crippen molar-refractivity contribution in [1.82, 2.24) is 9.66 Å². The fourth-order valence-electron chi connectivity index (χ4n) is 2.94. The first-order valence-electron chi connectivity index (χ1n) is 8.64. The van der Waals surface area contributed by atoms with E-state index in [1.54, 1.807) is 23.3 Å². The second-order valence-corrected chi connectivity index (χ2v) is 7.34. The molecule has 0 saturated heterocycles. The van der Waals surface area contributed by atoms with Crippen molar-refractivity contribution < 1.29 is 4.79 Å². The van der Waals surface area contributed by atoms with Gasteiger partial charge in [-0.2, -0.15) is 9.78 Å². The molecule has 0 spiro atoms. The standard InChI is InChI=1S/C20H21N5O2S/c1-12-8-17(21)25(18(27)9-12)22-10-16-11-28-20(23-16)24(15(4)26)19-13(2)6-5-7-14(19)3/h5-11H,21H2,1-4H3/b22-10-. The molecule has 0 fully saturated rings. The Bertz CT molecular complexity index is 1110. The van der Waals surface area contributed by atoms with Crippen molar-refractivity contribution in [2.45, 2.75) is 27.7 Å². The SMILES string of the molecule is CC(=O)N(c1nc(/C=N\n2c(N)cc(C)cc2=O)cs1)c1c(C)cccc1C. The lowest BCUT2D eigenvalue weighted by Crippen LogP contribution is -2.24. The number of carbonyl (C=O) groups is 1. The van der Waals surface area contributed by atoms with Crippen LogP contribution in [0.5, 0.6) is 0 Å². The maximum atomic E-state index is 12.4. The van der Waals surface area contributed by atoms with Gasteiger partial charge < -0.3 is 5.73 Å². The number of carbonyl (C=O) groups excluding carboxylic acids is 1. The average Bonchev–Trinajstić information content (AvgIpc) is 3.05. The minimum Gasteiger partial charge on any atom is -0.384 e. The molecule has 0 aliphatic rings. The number of hydrogen-bond acceptors (Lipinski definition) is 6. The lowest BCUT2D eigenvalue weighted by Gasteiger charge is -2.22. The maximum Gasteiger partial charge on any atom is 0.273 e. The van der Waals surface area contributed by atoms with Gasteiger partial charge >= 0.3 is 0 Å². The van der Waals surface area contributed by atoms with Crippen molar-refractivity contribution in [1.29, 1.82) is 0 Å². The average molecular weight is 395 g/mol. The van der Waals surface area contributed by atoms with E-state index in [4.69, 9.17) is 5.73 Å². The van der Waals surface area contributed by atoms with Gasteiger partial charge in [-0.3, -0.25) is 14.5 Å². The van der Waals surface area contributed by atoms with Crippen molar-refractivity contribution in [3.05, 3.63) is 68.4 Å². The summed E-state index contributed by atoms with van der Waals surface area (Å²) in [5, 5.41) is 6.45. The third-order valence-electron chi connectivity index (χ3n) is 4.16. The molecule has 28 heavy (non-hydrogen) atoms. The van der Waals surface area contributed by atoms with Gasteiger partial charge in [-0.15, -0.1) is 11.3 Å². The monoisotopic (exact) mass is 395 g/mol. The third-order valence-corrected chi connectivity index (χ3v) is 5.01. The van der Waals surface area contributed by atoms with Gasteiger partial charge in [-0.05, 0) is 43.5 Å². The van der Waals surface area contributed by atoms with E-state index < -0.39 is 0 Å². The summed E-state index contributed by atoms with van der Waals surface area (Å²) in [7, 11) is 0. The lowest BCUT2D eigenvalue weighted by atomic mass is 10.1. The molecule has 7 nitrogen and oxygen atoms in total. The summed E-state index contributed by atoms with van der Waals surface area (Å²) < 4.78 is 1.11. The van der Waals surface area contributed by atoms with Crippen LogP contribution in [-0.4, -0.2) is 21.8 Å². The molecule has 0 saturated carbocycles. The van der Waals surface area contributed by atoms with Gasteiger partial charge in [0.05, 0.1) is 17.6 Å². The van der Waals surface area contributed by atoms with Gasteiger partial charge in [-0.25, -0.2) is 4.98 Å². The number of rotatable bonds is 4. The second-order valence-electron chi connectivity index (χ2n) is 6.50. The predicted octanol–water partition coefficient (Wildman–Crippen LogP) is 3.38. The van der Waals surface area contributed by atoms with Crippen molar-refractivity contribution >= 4 is 40.1 Å². The van der Waals surface area contributed by atoms with Crippen LogP contribution in [0.2, 0.25) is 0 Å². The zero-order valence-corrected chi connectivity index (χ0v) is 16.9. The molecule has 3 rings (SSSR count). The molecule has 0 radical (unpaired) electrons. The molecule has 2 N–H and O–H groups in total. The Morgan fingerprint density at radius 2 is 1.93 bits per heavy atom. The van der Waals surface area contributed by atoms with Crippen molar-refractivity contribution in [3.63, 3.8) is 0 Å². The quantitative estimate of drug-likeness (QED) is 0.685. The Morgan fingerprint density at radius 3 is 2.54 bits per heavy atom. The molecule has 2 heterocycles.